The number of hydrogen-bond acceptors (Lipinski definition) is 5. The van der Waals surface area contributed by atoms with Gasteiger partial charge in [-0.3, -0.25) is 4.79 Å². The third-order valence-corrected chi connectivity index (χ3v) is 7.10. The molecule has 4 aromatic carbocycles. The van der Waals surface area contributed by atoms with E-state index in [-0.39, 0.29) is 11.4 Å². The number of nitrogens with zero attached hydrogens (tertiary/aromatic N) is 2. The smallest absolute Gasteiger partial charge is 0.255 e. The van der Waals surface area contributed by atoms with Gasteiger partial charge in [-0.15, -0.1) is 0 Å². The first-order chi connectivity index (χ1) is 16.9. The number of nitrogens with one attached hydrogen (secondary N) is 1. The monoisotopic (exact) mass is 487 g/mol. The van der Waals surface area contributed by atoms with E-state index in [1.54, 1.807) is 18.2 Å². The normalized spacial score (nSPS) is 11.7. The molecule has 0 radical (unpaired) electrons. The summed E-state index contributed by atoms with van der Waals surface area (Å²) in [5.74, 6) is 0.120. The van der Waals surface area contributed by atoms with Crippen LogP contribution in [0.15, 0.2) is 107 Å². The molecule has 0 aliphatic rings. The molecule has 0 atom stereocenters. The van der Waals surface area contributed by atoms with Crippen LogP contribution < -0.4 is 10.2 Å². The molecule has 0 fully saturated rings. The minimum atomic E-state index is -3.83. The fraction of sp³-hybridized carbons (Fsp3) is 0.111. The van der Waals surface area contributed by atoms with E-state index in [4.69, 9.17) is 4.74 Å². The molecule has 1 N–H and O–H groups in total. The summed E-state index contributed by atoms with van der Waals surface area (Å²) in [5, 5.41) is 5.70. The Hall–Kier alpha value is -4.01. The average Bonchev–Trinajstić information content (AvgIpc) is 2.88. The zero-order valence-electron chi connectivity index (χ0n) is 19.2. The highest BCUT2D eigenvalue weighted by atomic mass is 32.2. The number of carbonyl (C=O) groups excluding carboxylic acids is 1. The number of hydrazone groups is 1. The Balaban J connectivity index is 1.33. The molecule has 0 aliphatic carbocycles. The van der Waals surface area contributed by atoms with Gasteiger partial charge in [0.15, 0.2) is 0 Å². The van der Waals surface area contributed by atoms with Gasteiger partial charge in [0.25, 0.3) is 5.91 Å². The average molecular weight is 488 g/mol. The molecule has 178 valence electrons. The van der Waals surface area contributed by atoms with Gasteiger partial charge >= 0.3 is 0 Å². The fourth-order valence-corrected chi connectivity index (χ4v) is 4.60. The molecule has 4 rings (SSSR count). The maximum absolute atomic E-state index is 12.9. The number of sulfonamides is 1. The summed E-state index contributed by atoms with van der Waals surface area (Å²) in [6.07, 6.45) is 1.48. The van der Waals surface area contributed by atoms with Gasteiger partial charge in [-0.1, -0.05) is 72.8 Å². The van der Waals surface area contributed by atoms with E-state index in [0.29, 0.717) is 12.4 Å². The molecule has 35 heavy (non-hydrogen) atoms. The Kier molecular flexibility index (Phi) is 7.54. The highest BCUT2D eigenvalue weighted by molar-refractivity contribution is 7.89. The topological polar surface area (TPSA) is 88.1 Å². The number of likely N-dealkylation sites (N-methyl/N-ethyl adjacent to an activating group) is 1. The van der Waals surface area contributed by atoms with E-state index in [2.05, 4.69) is 10.5 Å². The first kappa shape index (κ1) is 24.1. The van der Waals surface area contributed by atoms with E-state index in [9.17, 15) is 13.2 Å². The molecule has 8 heteroatoms. The predicted octanol–water partition coefficient (Wildman–Crippen LogP) is 4.19. The van der Waals surface area contributed by atoms with Crippen LogP contribution in [0.5, 0.6) is 5.75 Å². The van der Waals surface area contributed by atoms with Crippen molar-refractivity contribution in [1.29, 1.82) is 0 Å². The third-order valence-electron chi connectivity index (χ3n) is 5.30. The Morgan fingerprint density at radius 2 is 1.66 bits per heavy atom. The van der Waals surface area contributed by atoms with Gasteiger partial charge in [0, 0.05) is 7.05 Å². The van der Waals surface area contributed by atoms with Crippen LogP contribution in [-0.2, 0) is 21.4 Å². The minimum absolute atomic E-state index is 0.127. The van der Waals surface area contributed by atoms with Crippen molar-refractivity contribution in [3.63, 3.8) is 0 Å². The standard InChI is InChI=1S/C27H25N3O4S/c1-30(35(32,33)26-15-14-23-11-5-6-12-24(23)17-26)19-27(31)29-28-18-22-10-7-13-25(16-22)34-20-21-8-3-2-4-9-21/h2-18H,19-20H2,1H3,(H,29,31). The van der Waals surface area contributed by atoms with Crippen LogP contribution in [0.3, 0.4) is 0 Å². The molecule has 0 heterocycles. The van der Waals surface area contributed by atoms with E-state index in [1.165, 1.54) is 19.3 Å². The molecule has 0 aromatic heterocycles. The Labute approximate surface area is 204 Å². The zero-order chi connectivity index (χ0) is 24.7. The summed E-state index contributed by atoms with van der Waals surface area (Å²) >= 11 is 0. The van der Waals surface area contributed by atoms with Gasteiger partial charge in [-0.05, 0) is 46.2 Å². The third kappa shape index (κ3) is 6.32. The van der Waals surface area contributed by atoms with Crippen molar-refractivity contribution >= 4 is 32.9 Å². The predicted molar refractivity (Wildman–Crippen MR) is 137 cm³/mol. The van der Waals surface area contributed by atoms with Crippen molar-refractivity contribution in [1.82, 2.24) is 9.73 Å². The summed E-state index contributed by atoms with van der Waals surface area (Å²) in [4.78, 5) is 12.4. The lowest BCUT2D eigenvalue weighted by Crippen LogP contribution is -2.36. The maximum Gasteiger partial charge on any atom is 0.255 e. The van der Waals surface area contributed by atoms with Crippen LogP contribution >= 0.6 is 0 Å². The fourth-order valence-electron chi connectivity index (χ4n) is 3.43. The molecule has 7 nitrogen and oxygen atoms in total. The van der Waals surface area contributed by atoms with Crippen molar-refractivity contribution in [2.75, 3.05) is 13.6 Å². The number of ether oxygens (including phenoxy) is 1. The summed E-state index contributed by atoms with van der Waals surface area (Å²) in [5.41, 5.74) is 4.16. The lowest BCUT2D eigenvalue weighted by Gasteiger charge is -2.16. The highest BCUT2D eigenvalue weighted by Gasteiger charge is 2.23. The first-order valence-electron chi connectivity index (χ1n) is 11.0. The van der Waals surface area contributed by atoms with Gasteiger partial charge in [0.2, 0.25) is 10.0 Å². The van der Waals surface area contributed by atoms with E-state index >= 15 is 0 Å². The van der Waals surface area contributed by atoms with Gasteiger partial charge < -0.3 is 4.74 Å². The van der Waals surface area contributed by atoms with Crippen molar-refractivity contribution in [2.24, 2.45) is 5.10 Å². The summed E-state index contributed by atoms with van der Waals surface area (Å²) in [6, 6.07) is 29.5. The molecule has 0 unspecified atom stereocenters. The van der Waals surface area contributed by atoms with Gasteiger partial charge in [-0.25, -0.2) is 13.8 Å². The number of carbonyl (C=O) groups is 1. The minimum Gasteiger partial charge on any atom is -0.489 e. The molecule has 0 saturated carbocycles. The molecule has 4 aromatic rings. The Morgan fingerprint density at radius 1 is 0.914 bits per heavy atom. The molecule has 0 spiro atoms. The van der Waals surface area contributed by atoms with Crippen LogP contribution in [-0.4, -0.2) is 38.4 Å². The molecular weight excluding hydrogens is 462 g/mol. The van der Waals surface area contributed by atoms with E-state index < -0.39 is 15.9 Å². The number of rotatable bonds is 9. The molecule has 0 aliphatic heterocycles. The Morgan fingerprint density at radius 3 is 2.46 bits per heavy atom. The Bertz CT molecular complexity index is 1450. The number of fused-ring (bicyclic) bond motifs is 1. The van der Waals surface area contributed by atoms with Crippen LogP contribution in [0.2, 0.25) is 0 Å². The van der Waals surface area contributed by atoms with Crippen molar-refractivity contribution in [2.45, 2.75) is 11.5 Å². The van der Waals surface area contributed by atoms with Gasteiger partial charge in [0.1, 0.15) is 12.4 Å². The second-order valence-electron chi connectivity index (χ2n) is 7.91. The largest absolute Gasteiger partial charge is 0.489 e. The molecular formula is C27H25N3O4S. The van der Waals surface area contributed by atoms with Crippen LogP contribution in [0.1, 0.15) is 11.1 Å². The second-order valence-corrected chi connectivity index (χ2v) is 9.95. The maximum atomic E-state index is 12.9. The van der Waals surface area contributed by atoms with Crippen LogP contribution in [0.25, 0.3) is 10.8 Å². The lowest BCUT2D eigenvalue weighted by atomic mass is 10.1. The molecule has 0 saturated heterocycles. The second kappa shape index (κ2) is 10.9. The van der Waals surface area contributed by atoms with Crippen molar-refractivity contribution in [3.8, 4) is 5.75 Å². The number of hydrogen-bond donors (Lipinski definition) is 1. The summed E-state index contributed by atoms with van der Waals surface area (Å²) in [7, 11) is -2.47. The van der Waals surface area contributed by atoms with Crippen LogP contribution in [0.4, 0.5) is 0 Å². The van der Waals surface area contributed by atoms with E-state index in [1.807, 2.05) is 72.8 Å². The van der Waals surface area contributed by atoms with E-state index in [0.717, 1.165) is 26.2 Å². The molecule has 1 amide bonds. The van der Waals surface area contributed by atoms with Gasteiger partial charge in [0.05, 0.1) is 17.7 Å². The zero-order valence-corrected chi connectivity index (χ0v) is 20.0. The quantitative estimate of drug-likeness (QED) is 0.283. The van der Waals surface area contributed by atoms with Crippen molar-refractivity contribution in [3.05, 3.63) is 108 Å². The highest BCUT2D eigenvalue weighted by Crippen LogP contribution is 2.21. The van der Waals surface area contributed by atoms with Crippen molar-refractivity contribution < 1.29 is 17.9 Å². The first-order valence-corrected chi connectivity index (χ1v) is 12.4. The lowest BCUT2D eigenvalue weighted by molar-refractivity contribution is -0.121. The number of amides is 1. The summed E-state index contributed by atoms with van der Waals surface area (Å²) in [6.45, 7) is 0.0723. The number of benzene rings is 4. The SMILES string of the molecule is CN(CC(=O)NN=Cc1cccc(OCc2ccccc2)c1)S(=O)(=O)c1ccc2ccccc2c1. The van der Waals surface area contributed by atoms with Gasteiger partial charge in [-0.2, -0.15) is 9.41 Å². The van der Waals surface area contributed by atoms with Crippen LogP contribution in [0, 0.1) is 0 Å². The summed E-state index contributed by atoms with van der Waals surface area (Å²) < 4.78 is 32.6. The molecule has 0 bridgehead atoms.